The van der Waals surface area contributed by atoms with E-state index in [4.69, 9.17) is 15.2 Å². The Labute approximate surface area is 124 Å². The Hall–Kier alpha value is -2.15. The topological polar surface area (TPSA) is 88.1 Å². The highest BCUT2D eigenvalue weighted by Gasteiger charge is 2.12. The standard InChI is InChI=1S/C14H21N5O2/c1-3-9-21-12-6-5-11(10-13(12)20-2)14-16-17-18-19(14)8-4-7-15/h5-6,10H,3-4,7-9,15H2,1-2H3. The van der Waals surface area contributed by atoms with E-state index in [9.17, 15) is 0 Å². The van der Waals surface area contributed by atoms with Gasteiger partial charge in [-0.1, -0.05) is 6.92 Å². The third-order valence-electron chi connectivity index (χ3n) is 2.99. The number of nitrogens with two attached hydrogens (primary N) is 1. The van der Waals surface area contributed by atoms with Gasteiger partial charge >= 0.3 is 0 Å². The molecule has 0 atom stereocenters. The first-order valence-electron chi connectivity index (χ1n) is 7.07. The van der Waals surface area contributed by atoms with Gasteiger partial charge in [-0.2, -0.15) is 0 Å². The molecule has 0 aliphatic rings. The van der Waals surface area contributed by atoms with E-state index >= 15 is 0 Å². The van der Waals surface area contributed by atoms with Crippen LogP contribution in [0.25, 0.3) is 11.4 Å². The Morgan fingerprint density at radius 1 is 1.29 bits per heavy atom. The highest BCUT2D eigenvalue weighted by Crippen LogP contribution is 2.31. The van der Waals surface area contributed by atoms with Crippen LogP contribution in [0.2, 0.25) is 0 Å². The summed E-state index contributed by atoms with van der Waals surface area (Å²) in [6.07, 6.45) is 1.77. The molecule has 114 valence electrons. The number of benzene rings is 1. The quantitative estimate of drug-likeness (QED) is 0.792. The normalized spacial score (nSPS) is 10.6. The summed E-state index contributed by atoms with van der Waals surface area (Å²) in [6, 6.07) is 5.69. The summed E-state index contributed by atoms with van der Waals surface area (Å²) in [5.74, 6) is 2.10. The number of tetrazole rings is 1. The van der Waals surface area contributed by atoms with Gasteiger partial charge in [-0.25, -0.2) is 4.68 Å². The number of hydrogen-bond acceptors (Lipinski definition) is 6. The van der Waals surface area contributed by atoms with Gasteiger partial charge in [0.25, 0.3) is 0 Å². The van der Waals surface area contributed by atoms with Crippen LogP contribution in [0.15, 0.2) is 18.2 Å². The largest absolute Gasteiger partial charge is 0.493 e. The molecule has 0 unspecified atom stereocenters. The third kappa shape index (κ3) is 3.69. The monoisotopic (exact) mass is 291 g/mol. The Morgan fingerprint density at radius 2 is 2.14 bits per heavy atom. The molecule has 2 aromatic rings. The lowest BCUT2D eigenvalue weighted by molar-refractivity contribution is 0.294. The summed E-state index contributed by atoms with van der Waals surface area (Å²) in [5.41, 5.74) is 6.41. The van der Waals surface area contributed by atoms with E-state index in [0.717, 1.165) is 24.2 Å². The van der Waals surface area contributed by atoms with Gasteiger partial charge in [-0.3, -0.25) is 0 Å². The molecule has 1 heterocycles. The van der Waals surface area contributed by atoms with Gasteiger partial charge in [0.05, 0.1) is 13.7 Å². The highest BCUT2D eigenvalue weighted by atomic mass is 16.5. The maximum atomic E-state index is 5.64. The van der Waals surface area contributed by atoms with Gasteiger partial charge in [0, 0.05) is 12.1 Å². The van der Waals surface area contributed by atoms with Gasteiger partial charge < -0.3 is 15.2 Å². The fourth-order valence-corrected chi connectivity index (χ4v) is 1.94. The molecule has 0 amide bonds. The van der Waals surface area contributed by atoms with Crippen molar-refractivity contribution in [2.45, 2.75) is 26.3 Å². The molecule has 7 heteroatoms. The molecule has 0 saturated heterocycles. The molecule has 0 aliphatic heterocycles. The number of methoxy groups -OCH3 is 1. The van der Waals surface area contributed by atoms with Gasteiger partial charge in [0.1, 0.15) is 0 Å². The van der Waals surface area contributed by atoms with E-state index in [-0.39, 0.29) is 0 Å². The van der Waals surface area contributed by atoms with Crippen molar-refractivity contribution in [3.8, 4) is 22.9 Å². The number of ether oxygens (including phenoxy) is 2. The summed E-state index contributed by atoms with van der Waals surface area (Å²) in [4.78, 5) is 0. The molecular formula is C14H21N5O2. The average molecular weight is 291 g/mol. The maximum Gasteiger partial charge on any atom is 0.182 e. The van der Waals surface area contributed by atoms with Gasteiger partial charge in [0.2, 0.25) is 0 Å². The van der Waals surface area contributed by atoms with Crippen molar-refractivity contribution < 1.29 is 9.47 Å². The highest BCUT2D eigenvalue weighted by molar-refractivity contribution is 5.60. The molecule has 0 aliphatic carbocycles. The fraction of sp³-hybridized carbons (Fsp3) is 0.500. The molecule has 1 aromatic carbocycles. The molecule has 0 saturated carbocycles. The molecule has 2 rings (SSSR count). The van der Waals surface area contributed by atoms with Crippen molar-refractivity contribution in [2.75, 3.05) is 20.3 Å². The predicted octanol–water partition coefficient (Wildman–Crippen LogP) is 1.49. The minimum absolute atomic E-state index is 0.604. The second-order valence-electron chi connectivity index (χ2n) is 4.58. The fourth-order valence-electron chi connectivity index (χ4n) is 1.94. The second-order valence-corrected chi connectivity index (χ2v) is 4.58. The Bertz CT molecular complexity index is 570. The van der Waals surface area contributed by atoms with E-state index in [0.29, 0.717) is 31.3 Å². The summed E-state index contributed by atoms with van der Waals surface area (Å²) in [7, 11) is 1.62. The summed E-state index contributed by atoms with van der Waals surface area (Å²) < 4.78 is 12.8. The molecular weight excluding hydrogens is 270 g/mol. The van der Waals surface area contributed by atoms with Crippen molar-refractivity contribution in [2.24, 2.45) is 5.73 Å². The van der Waals surface area contributed by atoms with Crippen LogP contribution in [-0.2, 0) is 6.54 Å². The number of rotatable bonds is 8. The smallest absolute Gasteiger partial charge is 0.182 e. The van der Waals surface area contributed by atoms with Crippen molar-refractivity contribution in [3.63, 3.8) is 0 Å². The Kier molecular flexibility index (Phi) is 5.51. The molecule has 2 N–H and O–H groups in total. The Morgan fingerprint density at radius 3 is 2.86 bits per heavy atom. The zero-order valence-electron chi connectivity index (χ0n) is 12.5. The van der Waals surface area contributed by atoms with Crippen molar-refractivity contribution >= 4 is 0 Å². The first-order valence-corrected chi connectivity index (χ1v) is 7.07. The molecule has 7 nitrogen and oxygen atoms in total. The van der Waals surface area contributed by atoms with Crippen molar-refractivity contribution in [1.82, 2.24) is 20.2 Å². The second kappa shape index (κ2) is 7.58. The third-order valence-corrected chi connectivity index (χ3v) is 2.99. The SMILES string of the molecule is CCCOc1ccc(-c2nnnn2CCCN)cc1OC. The van der Waals surface area contributed by atoms with E-state index in [1.807, 2.05) is 18.2 Å². The lowest BCUT2D eigenvalue weighted by atomic mass is 10.2. The van der Waals surface area contributed by atoms with E-state index in [2.05, 4.69) is 22.4 Å². The summed E-state index contributed by atoms with van der Waals surface area (Å²) in [5, 5.41) is 11.8. The van der Waals surface area contributed by atoms with Crippen LogP contribution in [0.3, 0.4) is 0 Å². The number of nitrogens with zero attached hydrogens (tertiary/aromatic N) is 4. The zero-order chi connectivity index (χ0) is 15.1. The first-order chi connectivity index (χ1) is 10.3. The minimum Gasteiger partial charge on any atom is -0.493 e. The molecule has 0 bridgehead atoms. The van der Waals surface area contributed by atoms with Crippen LogP contribution >= 0.6 is 0 Å². The first kappa shape index (κ1) is 15.2. The Balaban J connectivity index is 2.26. The van der Waals surface area contributed by atoms with Crippen LogP contribution in [0.5, 0.6) is 11.5 Å². The molecule has 0 spiro atoms. The number of hydrogen-bond donors (Lipinski definition) is 1. The minimum atomic E-state index is 0.604. The van der Waals surface area contributed by atoms with Crippen molar-refractivity contribution in [3.05, 3.63) is 18.2 Å². The lowest BCUT2D eigenvalue weighted by Gasteiger charge is -2.11. The average Bonchev–Trinajstić information content (AvgIpc) is 2.99. The summed E-state index contributed by atoms with van der Waals surface area (Å²) >= 11 is 0. The van der Waals surface area contributed by atoms with Gasteiger partial charge in [-0.15, -0.1) is 5.10 Å². The van der Waals surface area contributed by atoms with E-state index < -0.39 is 0 Å². The van der Waals surface area contributed by atoms with Gasteiger partial charge in [-0.05, 0) is 48.0 Å². The molecule has 0 fully saturated rings. The number of aryl methyl sites for hydroxylation is 1. The zero-order valence-corrected chi connectivity index (χ0v) is 12.5. The van der Waals surface area contributed by atoms with Crippen LogP contribution in [0.1, 0.15) is 19.8 Å². The number of aromatic nitrogens is 4. The molecule has 0 radical (unpaired) electrons. The van der Waals surface area contributed by atoms with E-state index in [1.54, 1.807) is 11.8 Å². The van der Waals surface area contributed by atoms with Crippen molar-refractivity contribution in [1.29, 1.82) is 0 Å². The van der Waals surface area contributed by atoms with Crippen LogP contribution < -0.4 is 15.2 Å². The van der Waals surface area contributed by atoms with Crippen LogP contribution in [0.4, 0.5) is 0 Å². The lowest BCUT2D eigenvalue weighted by Crippen LogP contribution is -2.08. The molecule has 1 aromatic heterocycles. The van der Waals surface area contributed by atoms with Gasteiger partial charge in [0.15, 0.2) is 17.3 Å². The summed E-state index contributed by atoms with van der Waals surface area (Å²) in [6.45, 7) is 4.01. The molecule has 21 heavy (non-hydrogen) atoms. The van der Waals surface area contributed by atoms with Crippen LogP contribution in [0, 0.1) is 0 Å². The maximum absolute atomic E-state index is 5.64. The van der Waals surface area contributed by atoms with Crippen LogP contribution in [-0.4, -0.2) is 40.5 Å². The van der Waals surface area contributed by atoms with E-state index in [1.165, 1.54) is 0 Å². The predicted molar refractivity (Wildman–Crippen MR) is 79.3 cm³/mol.